The molecule has 0 unspecified atom stereocenters. The van der Waals surface area contributed by atoms with Gasteiger partial charge in [0.2, 0.25) is 10.0 Å². The summed E-state index contributed by atoms with van der Waals surface area (Å²) in [4.78, 5) is 3.67. The summed E-state index contributed by atoms with van der Waals surface area (Å²) in [5, 5.41) is 0. The van der Waals surface area contributed by atoms with Gasteiger partial charge in [-0.2, -0.15) is 0 Å². The molecule has 4 rings (SSSR count). The second-order valence-corrected chi connectivity index (χ2v) is 9.39. The van der Waals surface area contributed by atoms with Gasteiger partial charge in [-0.05, 0) is 41.8 Å². The van der Waals surface area contributed by atoms with Gasteiger partial charge < -0.3 is 9.64 Å². The number of hydrogen-bond acceptors (Lipinski definition) is 5. The van der Waals surface area contributed by atoms with E-state index in [-0.39, 0.29) is 12.6 Å². The van der Waals surface area contributed by atoms with Crippen molar-refractivity contribution in [1.29, 1.82) is 0 Å². The van der Waals surface area contributed by atoms with Crippen molar-refractivity contribution >= 4 is 15.7 Å². The van der Waals surface area contributed by atoms with Crippen molar-refractivity contribution < 1.29 is 21.9 Å². The van der Waals surface area contributed by atoms with E-state index < -0.39 is 26.6 Å². The summed E-state index contributed by atoms with van der Waals surface area (Å²) in [5.41, 5.74) is 3.41. The molecule has 2 aromatic rings. The van der Waals surface area contributed by atoms with Crippen molar-refractivity contribution in [2.24, 2.45) is 0 Å². The lowest BCUT2D eigenvalue weighted by atomic mass is 10.0. The van der Waals surface area contributed by atoms with Crippen LogP contribution in [-0.2, 0) is 21.2 Å². The van der Waals surface area contributed by atoms with Gasteiger partial charge in [0, 0.05) is 45.0 Å². The number of fused-ring (bicyclic) bond motifs is 1. The first-order valence-electron chi connectivity index (χ1n) is 9.95. The van der Waals surface area contributed by atoms with Crippen LogP contribution in [0.25, 0.3) is 0 Å². The molecule has 0 amide bonds. The molecular weight excluding hydrogens is 412 g/mol. The number of nitrogens with zero attached hydrogens (tertiary/aromatic N) is 2. The lowest BCUT2D eigenvalue weighted by Gasteiger charge is -2.35. The van der Waals surface area contributed by atoms with Crippen molar-refractivity contribution in [2.45, 2.75) is 17.4 Å². The molecule has 2 aliphatic heterocycles. The number of hydrogen-bond donors (Lipinski definition) is 1. The fraction of sp³-hybridized carbons (Fsp3) is 0.429. The number of ether oxygens (including phenoxy) is 1. The van der Waals surface area contributed by atoms with Gasteiger partial charge in [-0.3, -0.25) is 4.90 Å². The van der Waals surface area contributed by atoms with Crippen molar-refractivity contribution in [2.75, 3.05) is 51.3 Å². The molecule has 0 aliphatic carbocycles. The Balaban J connectivity index is 1.60. The fourth-order valence-corrected chi connectivity index (χ4v) is 5.22. The van der Waals surface area contributed by atoms with Crippen LogP contribution in [-0.4, -0.2) is 59.8 Å². The molecule has 1 atom stereocenters. The number of morpholine rings is 1. The summed E-state index contributed by atoms with van der Waals surface area (Å²) in [7, 11) is -2.16. The average molecular weight is 438 g/mol. The topological polar surface area (TPSA) is 61.9 Å². The Labute approximate surface area is 175 Å². The maximum atomic E-state index is 14.0. The van der Waals surface area contributed by atoms with Crippen molar-refractivity contribution in [1.82, 2.24) is 9.62 Å². The molecule has 2 heterocycles. The summed E-state index contributed by atoms with van der Waals surface area (Å²) in [6.07, 6.45) is 0.940. The molecule has 0 bridgehead atoms. The lowest BCUT2D eigenvalue weighted by Crippen LogP contribution is -2.43. The van der Waals surface area contributed by atoms with E-state index in [0.29, 0.717) is 32.4 Å². The summed E-state index contributed by atoms with van der Waals surface area (Å²) < 4.78 is 60.8. The van der Waals surface area contributed by atoms with Crippen LogP contribution >= 0.6 is 0 Å². The number of likely N-dealkylation sites (N-methyl/N-ethyl adjacent to an activating group) is 1. The highest BCUT2D eigenvalue weighted by Crippen LogP contribution is 2.31. The predicted octanol–water partition coefficient (Wildman–Crippen LogP) is 2.31. The van der Waals surface area contributed by atoms with Crippen LogP contribution in [0.2, 0.25) is 0 Å². The Morgan fingerprint density at radius 2 is 1.87 bits per heavy atom. The molecule has 0 saturated carbocycles. The first-order valence-corrected chi connectivity index (χ1v) is 11.4. The second kappa shape index (κ2) is 8.58. The average Bonchev–Trinajstić information content (AvgIpc) is 3.11. The molecule has 1 N–H and O–H groups in total. The van der Waals surface area contributed by atoms with E-state index >= 15 is 0 Å². The van der Waals surface area contributed by atoms with Gasteiger partial charge >= 0.3 is 0 Å². The summed E-state index contributed by atoms with van der Waals surface area (Å²) in [6.45, 7) is 3.46. The third kappa shape index (κ3) is 4.34. The minimum Gasteiger partial charge on any atom is -0.379 e. The number of anilines is 1. The van der Waals surface area contributed by atoms with Crippen LogP contribution < -0.4 is 9.62 Å². The number of sulfonamides is 1. The van der Waals surface area contributed by atoms with E-state index in [9.17, 15) is 17.2 Å². The predicted molar refractivity (Wildman–Crippen MR) is 110 cm³/mol. The molecule has 0 aromatic heterocycles. The van der Waals surface area contributed by atoms with Gasteiger partial charge in [-0.1, -0.05) is 12.1 Å². The molecule has 2 aliphatic rings. The zero-order valence-corrected chi connectivity index (χ0v) is 17.6. The van der Waals surface area contributed by atoms with E-state index in [4.69, 9.17) is 4.74 Å². The van der Waals surface area contributed by atoms with E-state index in [0.717, 1.165) is 30.7 Å². The Hall–Kier alpha value is -2.07. The summed E-state index contributed by atoms with van der Waals surface area (Å²) >= 11 is 0. The quantitative estimate of drug-likeness (QED) is 0.752. The molecule has 1 saturated heterocycles. The largest absolute Gasteiger partial charge is 0.379 e. The molecule has 0 radical (unpaired) electrons. The highest BCUT2D eigenvalue weighted by atomic mass is 32.2. The molecule has 0 spiro atoms. The zero-order valence-electron chi connectivity index (χ0n) is 16.8. The molecular formula is C21H25F2N3O3S. The molecule has 6 nitrogen and oxygen atoms in total. The minimum absolute atomic E-state index is 0.0485. The monoisotopic (exact) mass is 437 g/mol. The van der Waals surface area contributed by atoms with Crippen LogP contribution in [0.4, 0.5) is 14.5 Å². The van der Waals surface area contributed by atoms with Crippen molar-refractivity contribution in [3.63, 3.8) is 0 Å². The standard InChI is InChI=1S/C21H25F2N3O3S/c1-25-7-6-16-12-15(2-5-19(16)25)20(26-8-10-29-11-9-26)14-24-30(27,28)21-13-17(22)3-4-18(21)23/h2-5,12-13,20,24H,6-11,14H2,1H3/t20-/m0/s1. The van der Waals surface area contributed by atoms with Crippen LogP contribution in [0.3, 0.4) is 0 Å². The van der Waals surface area contributed by atoms with Crippen LogP contribution in [0.5, 0.6) is 0 Å². The third-order valence-electron chi connectivity index (χ3n) is 5.75. The lowest BCUT2D eigenvalue weighted by molar-refractivity contribution is 0.0172. The van der Waals surface area contributed by atoms with Crippen LogP contribution in [0, 0.1) is 11.6 Å². The molecule has 2 aromatic carbocycles. The fourth-order valence-electron chi connectivity index (χ4n) is 4.09. The van der Waals surface area contributed by atoms with Gasteiger partial charge in [0.15, 0.2) is 0 Å². The second-order valence-electron chi connectivity index (χ2n) is 7.65. The number of nitrogens with one attached hydrogen (secondary N) is 1. The van der Waals surface area contributed by atoms with Gasteiger partial charge in [-0.15, -0.1) is 0 Å². The van der Waals surface area contributed by atoms with E-state index in [1.54, 1.807) is 0 Å². The Kier molecular flexibility index (Phi) is 6.06. The van der Waals surface area contributed by atoms with Crippen LogP contribution in [0.1, 0.15) is 17.2 Å². The maximum absolute atomic E-state index is 14.0. The normalized spacial score (nSPS) is 18.4. The van der Waals surface area contributed by atoms with E-state index in [1.807, 2.05) is 13.1 Å². The van der Waals surface area contributed by atoms with Crippen molar-refractivity contribution in [3.8, 4) is 0 Å². The highest BCUT2D eigenvalue weighted by Gasteiger charge is 2.28. The van der Waals surface area contributed by atoms with Gasteiger partial charge in [0.25, 0.3) is 0 Å². The number of rotatable bonds is 6. The number of benzene rings is 2. The van der Waals surface area contributed by atoms with Gasteiger partial charge in [0.1, 0.15) is 16.5 Å². The highest BCUT2D eigenvalue weighted by molar-refractivity contribution is 7.89. The molecule has 30 heavy (non-hydrogen) atoms. The Morgan fingerprint density at radius 1 is 1.10 bits per heavy atom. The SMILES string of the molecule is CN1CCc2cc([C@H](CNS(=O)(=O)c3cc(F)ccc3F)N3CCOCC3)ccc21. The first kappa shape index (κ1) is 21.2. The Morgan fingerprint density at radius 3 is 2.63 bits per heavy atom. The van der Waals surface area contributed by atoms with Gasteiger partial charge in [-0.25, -0.2) is 21.9 Å². The molecule has 162 valence electrons. The number of halogens is 2. The zero-order chi connectivity index (χ0) is 21.3. The molecule has 9 heteroatoms. The third-order valence-corrected chi connectivity index (χ3v) is 7.19. The smallest absolute Gasteiger partial charge is 0.243 e. The summed E-state index contributed by atoms with van der Waals surface area (Å²) in [6, 6.07) is 8.37. The first-order chi connectivity index (χ1) is 14.3. The Bertz CT molecular complexity index is 1030. The van der Waals surface area contributed by atoms with E-state index in [2.05, 4.69) is 26.7 Å². The van der Waals surface area contributed by atoms with Crippen LogP contribution in [0.15, 0.2) is 41.3 Å². The summed E-state index contributed by atoms with van der Waals surface area (Å²) in [5.74, 6) is -1.78. The van der Waals surface area contributed by atoms with Crippen molar-refractivity contribution in [3.05, 3.63) is 59.2 Å². The van der Waals surface area contributed by atoms with Gasteiger partial charge in [0.05, 0.1) is 13.2 Å². The van der Waals surface area contributed by atoms with E-state index in [1.165, 1.54) is 11.3 Å². The molecule has 1 fully saturated rings. The minimum atomic E-state index is -4.21. The maximum Gasteiger partial charge on any atom is 0.243 e.